The highest BCUT2D eigenvalue weighted by atomic mass is 35.5. The van der Waals surface area contributed by atoms with Crippen LogP contribution < -0.4 is 16.4 Å². The molecule has 0 unspecified atom stereocenters. The van der Waals surface area contributed by atoms with Gasteiger partial charge in [-0.05, 0) is 37.8 Å². The van der Waals surface area contributed by atoms with Gasteiger partial charge < -0.3 is 16.4 Å². The largest absolute Gasteiger partial charge is 0.369 e. The van der Waals surface area contributed by atoms with Gasteiger partial charge in [-0.3, -0.25) is 9.36 Å². The van der Waals surface area contributed by atoms with Gasteiger partial charge in [0.15, 0.2) is 5.65 Å². The molecule has 13 heteroatoms. The number of aromatic nitrogens is 4. The molecule has 2 aromatic heterocycles. The number of halogens is 5. The standard InChI is InChI=1S/C22H22Cl2F3N7O/c23-14-5-11(25)6-15(24)17(14)32-21-31-16-9-29-20(30-12-7-22(26,27)8-12)33-19(16)34(21)13-3-1-10(2-4-13)18(28)35/h5-6,9-10,12-13H,1-4,7-8H2,(H2,28,35)(H,31,32)(H,29,30,33)/t10-,13-. The summed E-state index contributed by atoms with van der Waals surface area (Å²) >= 11 is 12.5. The molecule has 186 valence electrons. The van der Waals surface area contributed by atoms with E-state index in [1.807, 2.05) is 4.57 Å². The molecule has 0 bridgehead atoms. The quantitative estimate of drug-likeness (QED) is 0.393. The number of alkyl halides is 2. The van der Waals surface area contributed by atoms with Crippen LogP contribution in [0.1, 0.15) is 44.6 Å². The van der Waals surface area contributed by atoms with Gasteiger partial charge in [0, 0.05) is 30.8 Å². The van der Waals surface area contributed by atoms with Crippen LogP contribution in [0.2, 0.25) is 10.0 Å². The Balaban J connectivity index is 1.51. The number of amides is 1. The van der Waals surface area contributed by atoms with Gasteiger partial charge in [0.1, 0.15) is 11.3 Å². The second-order valence-corrected chi connectivity index (χ2v) is 9.90. The number of nitrogens with one attached hydrogen (secondary N) is 2. The van der Waals surface area contributed by atoms with Gasteiger partial charge in [-0.2, -0.15) is 4.98 Å². The smallest absolute Gasteiger partial charge is 0.252 e. The second kappa shape index (κ2) is 9.02. The molecule has 0 aliphatic heterocycles. The Morgan fingerprint density at radius 2 is 1.77 bits per heavy atom. The molecule has 0 spiro atoms. The Bertz CT molecular complexity index is 1260. The van der Waals surface area contributed by atoms with Crippen molar-refractivity contribution in [2.24, 2.45) is 11.7 Å². The van der Waals surface area contributed by atoms with E-state index in [2.05, 4.69) is 25.6 Å². The van der Waals surface area contributed by atoms with Crippen molar-refractivity contribution in [3.05, 3.63) is 34.2 Å². The summed E-state index contributed by atoms with van der Waals surface area (Å²) in [6.07, 6.45) is 3.43. The van der Waals surface area contributed by atoms with Gasteiger partial charge >= 0.3 is 0 Å². The summed E-state index contributed by atoms with van der Waals surface area (Å²) in [4.78, 5) is 25.0. The number of benzene rings is 1. The van der Waals surface area contributed by atoms with Crippen LogP contribution in [0.5, 0.6) is 0 Å². The van der Waals surface area contributed by atoms with Crippen molar-refractivity contribution in [2.45, 2.75) is 56.5 Å². The average molecular weight is 528 g/mol. The van der Waals surface area contributed by atoms with Crippen LogP contribution in [-0.4, -0.2) is 37.4 Å². The summed E-state index contributed by atoms with van der Waals surface area (Å²) in [6.45, 7) is 0. The van der Waals surface area contributed by atoms with Crippen molar-refractivity contribution in [1.29, 1.82) is 0 Å². The number of fused-ring (bicyclic) bond motifs is 1. The van der Waals surface area contributed by atoms with Gasteiger partial charge in [0.05, 0.1) is 21.9 Å². The molecule has 5 rings (SSSR count). The molecule has 2 aliphatic rings. The van der Waals surface area contributed by atoms with Gasteiger partial charge in [0.25, 0.3) is 5.92 Å². The molecular weight excluding hydrogens is 506 g/mol. The predicted octanol–water partition coefficient (Wildman–Crippen LogP) is 5.44. The SMILES string of the molecule is NC(=O)[C@H]1CC[C@H](n2c(Nc3c(Cl)cc(F)cc3Cl)nc3cnc(NC4CC(F)(F)C4)nc32)CC1. The number of rotatable bonds is 6. The van der Waals surface area contributed by atoms with Crippen LogP contribution in [0.25, 0.3) is 11.2 Å². The Morgan fingerprint density at radius 3 is 2.37 bits per heavy atom. The second-order valence-electron chi connectivity index (χ2n) is 9.09. The van der Waals surface area contributed by atoms with E-state index in [1.54, 1.807) is 0 Å². The minimum Gasteiger partial charge on any atom is -0.369 e. The van der Waals surface area contributed by atoms with E-state index < -0.39 is 17.8 Å². The lowest BCUT2D eigenvalue weighted by atomic mass is 9.85. The first-order valence-corrected chi connectivity index (χ1v) is 12.0. The number of imidazole rings is 1. The maximum absolute atomic E-state index is 13.7. The Labute approximate surface area is 208 Å². The topological polar surface area (TPSA) is 111 Å². The molecule has 35 heavy (non-hydrogen) atoms. The minimum absolute atomic E-state index is 0.0744. The van der Waals surface area contributed by atoms with Crippen molar-refractivity contribution in [1.82, 2.24) is 19.5 Å². The van der Waals surface area contributed by atoms with Crippen LogP contribution in [0, 0.1) is 11.7 Å². The lowest BCUT2D eigenvalue weighted by molar-refractivity contribution is -0.122. The van der Waals surface area contributed by atoms with Gasteiger partial charge in [-0.15, -0.1) is 0 Å². The first kappa shape index (κ1) is 23.9. The Hall–Kier alpha value is -2.79. The Kier molecular flexibility index (Phi) is 6.16. The third-order valence-electron chi connectivity index (χ3n) is 6.56. The maximum atomic E-state index is 13.7. The molecule has 0 atom stereocenters. The third-order valence-corrected chi connectivity index (χ3v) is 7.16. The van der Waals surface area contributed by atoms with E-state index in [-0.39, 0.29) is 52.4 Å². The van der Waals surface area contributed by atoms with E-state index in [4.69, 9.17) is 28.9 Å². The van der Waals surface area contributed by atoms with Crippen LogP contribution in [0.15, 0.2) is 18.3 Å². The van der Waals surface area contributed by atoms with Crippen molar-refractivity contribution < 1.29 is 18.0 Å². The number of anilines is 3. The first-order valence-electron chi connectivity index (χ1n) is 11.2. The molecule has 2 aliphatic carbocycles. The summed E-state index contributed by atoms with van der Waals surface area (Å²) in [5.41, 5.74) is 6.71. The van der Waals surface area contributed by atoms with Crippen LogP contribution >= 0.6 is 23.2 Å². The summed E-state index contributed by atoms with van der Waals surface area (Å²) in [6, 6.07) is 1.76. The molecule has 2 heterocycles. The van der Waals surface area contributed by atoms with E-state index in [0.717, 1.165) is 12.1 Å². The molecule has 0 saturated heterocycles. The highest BCUT2D eigenvalue weighted by Crippen LogP contribution is 2.41. The fourth-order valence-corrected chi connectivity index (χ4v) is 5.29. The number of hydrogen-bond donors (Lipinski definition) is 3. The summed E-state index contributed by atoms with van der Waals surface area (Å²) in [5, 5.41) is 6.19. The van der Waals surface area contributed by atoms with E-state index in [1.165, 1.54) is 6.20 Å². The lowest BCUT2D eigenvalue weighted by Gasteiger charge is -2.35. The molecule has 4 N–H and O–H groups in total. The van der Waals surface area contributed by atoms with Gasteiger partial charge in [-0.25, -0.2) is 23.1 Å². The zero-order valence-corrected chi connectivity index (χ0v) is 19.9. The lowest BCUT2D eigenvalue weighted by Crippen LogP contribution is -2.44. The number of primary amides is 1. The van der Waals surface area contributed by atoms with Crippen molar-refractivity contribution in [3.63, 3.8) is 0 Å². The zero-order valence-electron chi connectivity index (χ0n) is 18.4. The fraction of sp³-hybridized carbons (Fsp3) is 0.455. The molecule has 2 saturated carbocycles. The third kappa shape index (κ3) is 4.84. The van der Waals surface area contributed by atoms with E-state index in [0.29, 0.717) is 42.8 Å². The summed E-state index contributed by atoms with van der Waals surface area (Å²) in [7, 11) is 0. The Morgan fingerprint density at radius 1 is 1.11 bits per heavy atom. The zero-order chi connectivity index (χ0) is 24.9. The number of nitrogens with zero attached hydrogens (tertiary/aromatic N) is 4. The normalized spacial score (nSPS) is 22.1. The van der Waals surface area contributed by atoms with E-state index in [9.17, 15) is 18.0 Å². The number of nitrogens with two attached hydrogens (primary N) is 1. The van der Waals surface area contributed by atoms with Crippen LogP contribution in [0.3, 0.4) is 0 Å². The molecular formula is C22H22Cl2F3N7O. The van der Waals surface area contributed by atoms with Gasteiger partial charge in [0.2, 0.25) is 17.8 Å². The highest BCUT2D eigenvalue weighted by Gasteiger charge is 2.45. The van der Waals surface area contributed by atoms with Crippen molar-refractivity contribution >= 4 is 57.9 Å². The van der Waals surface area contributed by atoms with Crippen molar-refractivity contribution in [2.75, 3.05) is 10.6 Å². The minimum atomic E-state index is -2.67. The van der Waals surface area contributed by atoms with E-state index >= 15 is 0 Å². The van der Waals surface area contributed by atoms with Crippen LogP contribution in [0.4, 0.5) is 30.8 Å². The van der Waals surface area contributed by atoms with Gasteiger partial charge in [-0.1, -0.05) is 23.2 Å². The molecule has 1 amide bonds. The molecule has 1 aromatic carbocycles. The number of carbonyl (C=O) groups is 1. The van der Waals surface area contributed by atoms with Crippen molar-refractivity contribution in [3.8, 4) is 0 Å². The first-order chi connectivity index (χ1) is 16.6. The number of hydrogen-bond acceptors (Lipinski definition) is 6. The summed E-state index contributed by atoms with van der Waals surface area (Å²) < 4.78 is 42.1. The highest BCUT2D eigenvalue weighted by molar-refractivity contribution is 6.39. The monoisotopic (exact) mass is 527 g/mol. The average Bonchev–Trinajstić information content (AvgIpc) is 3.12. The fourth-order valence-electron chi connectivity index (χ4n) is 4.73. The molecule has 3 aromatic rings. The van der Waals surface area contributed by atoms with Crippen LogP contribution in [-0.2, 0) is 4.79 Å². The predicted molar refractivity (Wildman–Crippen MR) is 127 cm³/mol. The molecule has 2 fully saturated rings. The maximum Gasteiger partial charge on any atom is 0.252 e. The summed E-state index contributed by atoms with van der Waals surface area (Å²) in [5.74, 6) is -3.20. The molecule has 8 nitrogen and oxygen atoms in total. The molecule has 0 radical (unpaired) electrons. The number of carbonyl (C=O) groups excluding carboxylic acids is 1.